The van der Waals surface area contributed by atoms with Gasteiger partial charge < -0.3 is 14.4 Å². The number of furan rings is 1. The summed E-state index contributed by atoms with van der Waals surface area (Å²) in [7, 11) is 0. The van der Waals surface area contributed by atoms with Crippen LogP contribution < -0.4 is 0 Å². The number of hydrogen-bond acceptors (Lipinski definition) is 3. The molecule has 1 radical (unpaired) electrons. The van der Waals surface area contributed by atoms with Gasteiger partial charge >= 0.3 is 0 Å². The molecule has 0 aliphatic carbocycles. The molecule has 0 atom stereocenters. The second-order valence-electron chi connectivity index (χ2n) is 16.0. The summed E-state index contributed by atoms with van der Waals surface area (Å²) in [5.41, 5.74) is 6.72. The summed E-state index contributed by atoms with van der Waals surface area (Å²) in [4.78, 5) is 9.00. The zero-order chi connectivity index (χ0) is 50.8. The number of aryl methyl sites for hydroxylation is 4. The van der Waals surface area contributed by atoms with Crippen LogP contribution in [0.15, 0.2) is 156 Å². The molecule has 0 spiro atoms. The quantitative estimate of drug-likeness (QED) is 0.127. The topological polar surface area (TPSA) is 38.9 Å². The predicted molar refractivity (Wildman–Crippen MR) is 252 cm³/mol. The standard InChI is InChI=1S/C34H24NO.C23H24N.Ir/c1-20-11-15-25(21(2)17-20)30-18-31(35-19-22(30)3)29-10-6-9-27-28-16-14-24-13-12-23-7-4-5-8-26(23)32(24)34(28)36-33(27)29;1-17-10-12-20(14-21(17)19-8-6-5-7-9-19)22-13-11-18(16-24-22)15-23(2,3)4;/h4-9,11-19H,1-3H3;5-11,13-14,16H,15H2,1-4H3;/q2*-1;/i2D3,3D3;1D3,15D2;. The average Bonchev–Trinajstić information content (AvgIpc) is 3.72. The number of rotatable bonds is 5. The van der Waals surface area contributed by atoms with E-state index in [2.05, 4.69) is 52.4 Å². The first-order valence-corrected chi connectivity index (χ1v) is 19.8. The van der Waals surface area contributed by atoms with Crippen molar-refractivity contribution in [3.8, 4) is 44.8 Å². The van der Waals surface area contributed by atoms with Crippen molar-refractivity contribution in [3.05, 3.63) is 192 Å². The van der Waals surface area contributed by atoms with Crippen LogP contribution in [0.25, 0.3) is 88.3 Å². The van der Waals surface area contributed by atoms with Gasteiger partial charge in [-0.1, -0.05) is 165 Å². The molecule has 61 heavy (non-hydrogen) atoms. The molecule has 0 saturated heterocycles. The zero-order valence-electron chi connectivity index (χ0n) is 45.1. The SMILES string of the molecule is [2H]C([2H])([2H])c1c[c-]c(-c2ccc(C([2H])([2H])C(C)(C)C)cn2)cc1-c1ccccc1.[2H]C([2H])([2H])c1cnc(-c2[c-]ccc3c2oc2c3ccc3ccc4ccccc4c32)cc1-c1ccc(C)cc1C([2H])([2H])[2H].[Ir]. The summed E-state index contributed by atoms with van der Waals surface area (Å²) in [6.07, 6.45) is 1.34. The molecule has 0 amide bonds. The third kappa shape index (κ3) is 8.44. The molecule has 0 saturated carbocycles. The summed E-state index contributed by atoms with van der Waals surface area (Å²) in [6, 6.07) is 49.4. The Morgan fingerprint density at radius 1 is 0.623 bits per heavy atom. The van der Waals surface area contributed by atoms with Crippen LogP contribution in [0, 0.1) is 45.0 Å². The van der Waals surface area contributed by atoms with E-state index in [9.17, 15) is 0 Å². The molecule has 3 aromatic heterocycles. The fraction of sp³-hybridized carbons (Fsp3) is 0.158. The Morgan fingerprint density at radius 3 is 2.16 bits per heavy atom. The first-order chi connectivity index (χ1) is 33.4. The van der Waals surface area contributed by atoms with Gasteiger partial charge in [-0.25, -0.2) is 0 Å². The second-order valence-corrected chi connectivity index (χ2v) is 16.0. The Labute approximate surface area is 388 Å². The maximum Gasteiger partial charge on any atom is 0.129 e. The Kier molecular flexibility index (Phi) is 8.37. The van der Waals surface area contributed by atoms with E-state index in [-0.39, 0.29) is 36.8 Å². The molecule has 10 rings (SSSR count). The van der Waals surface area contributed by atoms with Gasteiger partial charge in [-0.15, -0.1) is 47.5 Å². The largest absolute Gasteiger partial charge is 0.500 e. The number of fused-ring (bicyclic) bond motifs is 7. The molecule has 0 unspecified atom stereocenters. The van der Waals surface area contributed by atoms with Gasteiger partial charge in [0, 0.05) is 58.3 Å². The number of aromatic nitrogens is 2. The van der Waals surface area contributed by atoms with Crippen LogP contribution in [0.4, 0.5) is 0 Å². The zero-order valence-corrected chi connectivity index (χ0v) is 36.5. The molecule has 7 aromatic carbocycles. The first-order valence-electron chi connectivity index (χ1n) is 25.3. The van der Waals surface area contributed by atoms with E-state index < -0.39 is 32.3 Å². The van der Waals surface area contributed by atoms with Crippen LogP contribution in [0.3, 0.4) is 0 Å². The van der Waals surface area contributed by atoms with Crippen molar-refractivity contribution in [1.29, 1.82) is 0 Å². The molecule has 0 bridgehead atoms. The van der Waals surface area contributed by atoms with E-state index in [0.29, 0.717) is 50.4 Å². The smallest absolute Gasteiger partial charge is 0.129 e. The predicted octanol–water partition coefficient (Wildman–Crippen LogP) is 15.5. The summed E-state index contributed by atoms with van der Waals surface area (Å²) in [6.45, 7) is 0.182. The maximum atomic E-state index is 8.39. The third-order valence-electron chi connectivity index (χ3n) is 10.5. The number of pyridine rings is 2. The Bertz CT molecular complexity index is 3630. The molecule has 0 aliphatic rings. The molecule has 0 fully saturated rings. The number of benzene rings is 7. The van der Waals surface area contributed by atoms with Gasteiger partial charge in [0.1, 0.15) is 5.58 Å². The average molecular weight is 980 g/mol. The fourth-order valence-electron chi connectivity index (χ4n) is 7.74. The van der Waals surface area contributed by atoms with Crippen molar-refractivity contribution < 1.29 is 39.6 Å². The molecule has 4 heteroatoms. The van der Waals surface area contributed by atoms with Crippen LogP contribution in [-0.2, 0) is 26.5 Å². The van der Waals surface area contributed by atoms with Crippen LogP contribution >= 0.6 is 0 Å². The van der Waals surface area contributed by atoms with Crippen LogP contribution in [0.1, 0.15) is 63.7 Å². The minimum atomic E-state index is -2.51. The Morgan fingerprint density at radius 2 is 1.38 bits per heavy atom. The molecule has 303 valence electrons. The van der Waals surface area contributed by atoms with E-state index >= 15 is 0 Å². The summed E-state index contributed by atoms with van der Waals surface area (Å²) in [5, 5.41) is 6.11. The van der Waals surface area contributed by atoms with Crippen molar-refractivity contribution in [2.45, 2.75) is 54.6 Å². The minimum absolute atomic E-state index is 0. The molecular weight excluding hydrogens is 921 g/mol. The molecule has 3 nitrogen and oxygen atoms in total. The van der Waals surface area contributed by atoms with Crippen LogP contribution in [0.5, 0.6) is 0 Å². The van der Waals surface area contributed by atoms with Crippen molar-refractivity contribution >= 4 is 43.5 Å². The summed E-state index contributed by atoms with van der Waals surface area (Å²) < 4.78 is 96.0. The molecule has 0 N–H and O–H groups in total. The number of hydrogen-bond donors (Lipinski definition) is 0. The minimum Gasteiger partial charge on any atom is -0.500 e. The van der Waals surface area contributed by atoms with E-state index in [0.717, 1.165) is 49.0 Å². The van der Waals surface area contributed by atoms with Gasteiger partial charge in [-0.2, -0.15) is 0 Å². The van der Waals surface area contributed by atoms with Gasteiger partial charge in [0.25, 0.3) is 0 Å². The normalized spacial score (nSPS) is 15.0. The summed E-state index contributed by atoms with van der Waals surface area (Å²) >= 11 is 0. The van der Waals surface area contributed by atoms with Gasteiger partial charge in [-0.3, -0.25) is 0 Å². The van der Waals surface area contributed by atoms with E-state index in [1.165, 1.54) is 12.3 Å². The maximum absolute atomic E-state index is 8.39. The van der Waals surface area contributed by atoms with Crippen LogP contribution in [0.2, 0.25) is 0 Å². The van der Waals surface area contributed by atoms with E-state index in [4.69, 9.17) is 19.5 Å². The van der Waals surface area contributed by atoms with E-state index in [1.807, 2.05) is 82.3 Å². The van der Waals surface area contributed by atoms with E-state index in [1.54, 1.807) is 54.7 Å². The number of nitrogens with zero attached hydrogens (tertiary/aromatic N) is 2. The van der Waals surface area contributed by atoms with Crippen LogP contribution in [-0.4, -0.2) is 9.97 Å². The molecule has 3 heterocycles. The van der Waals surface area contributed by atoms with Gasteiger partial charge in [-0.05, 0) is 93.3 Å². The molecule has 10 aromatic rings. The first kappa shape index (κ1) is 29.9. The molecule has 0 aliphatic heterocycles. The van der Waals surface area contributed by atoms with Gasteiger partial charge in [0.05, 0.1) is 5.58 Å². The third-order valence-corrected chi connectivity index (χ3v) is 10.5. The van der Waals surface area contributed by atoms with Crippen molar-refractivity contribution in [2.24, 2.45) is 5.41 Å². The van der Waals surface area contributed by atoms with Crippen molar-refractivity contribution in [3.63, 3.8) is 0 Å². The van der Waals surface area contributed by atoms with Gasteiger partial charge in [0.2, 0.25) is 0 Å². The Hall–Kier alpha value is -6.19. The Balaban J connectivity index is 0.000000204. The fourth-order valence-corrected chi connectivity index (χ4v) is 7.74. The molecular formula is C57H48IrN2O-2. The second kappa shape index (κ2) is 17.1. The monoisotopic (exact) mass is 980 g/mol. The van der Waals surface area contributed by atoms with Crippen molar-refractivity contribution in [1.82, 2.24) is 9.97 Å². The van der Waals surface area contributed by atoms with Gasteiger partial charge in [0.15, 0.2) is 0 Å². The summed E-state index contributed by atoms with van der Waals surface area (Å²) in [5.74, 6) is 0. The van der Waals surface area contributed by atoms with Crippen molar-refractivity contribution in [2.75, 3.05) is 0 Å².